The number of hydrogen-bond acceptors (Lipinski definition) is 4. The molecule has 13 heavy (non-hydrogen) atoms. The van der Waals surface area contributed by atoms with Crippen molar-refractivity contribution in [1.29, 1.82) is 0 Å². The van der Waals surface area contributed by atoms with Gasteiger partial charge in [-0.15, -0.1) is 0 Å². The van der Waals surface area contributed by atoms with Crippen LogP contribution in [0.4, 0.5) is 0 Å². The number of rotatable bonds is 1. The highest BCUT2D eigenvalue weighted by molar-refractivity contribution is 5.90. The Morgan fingerprint density at radius 2 is 2.23 bits per heavy atom. The first-order valence-corrected chi connectivity index (χ1v) is 4.23. The van der Waals surface area contributed by atoms with Gasteiger partial charge in [0.25, 0.3) is 5.91 Å². The van der Waals surface area contributed by atoms with Crippen molar-refractivity contribution in [3.8, 4) is 0 Å². The summed E-state index contributed by atoms with van der Waals surface area (Å²) in [5, 5.41) is 9.38. The molecule has 70 valence electrons. The number of aromatic nitrogens is 3. The van der Waals surface area contributed by atoms with Crippen molar-refractivity contribution in [2.75, 3.05) is 26.2 Å². The molecule has 0 aromatic carbocycles. The van der Waals surface area contributed by atoms with E-state index in [0.717, 1.165) is 26.2 Å². The van der Waals surface area contributed by atoms with E-state index < -0.39 is 0 Å². The summed E-state index contributed by atoms with van der Waals surface area (Å²) in [5.74, 6) is 0.251. The third-order valence-electron chi connectivity index (χ3n) is 2.02. The number of nitrogens with zero attached hydrogens (tertiary/aromatic N) is 3. The standard InChI is InChI=1S/C7H11N5O/c13-7(6-9-5-10-11-6)12-3-1-8-2-4-12/h5,8H,1-4H2,(H,9,10,11). The van der Waals surface area contributed by atoms with Gasteiger partial charge in [0.15, 0.2) is 0 Å². The van der Waals surface area contributed by atoms with Crippen LogP contribution in [0.2, 0.25) is 0 Å². The number of hydrogen-bond donors (Lipinski definition) is 2. The van der Waals surface area contributed by atoms with Crippen LogP contribution in [-0.4, -0.2) is 52.2 Å². The highest BCUT2D eigenvalue weighted by atomic mass is 16.2. The summed E-state index contributed by atoms with van der Waals surface area (Å²) in [6.45, 7) is 3.17. The predicted octanol–water partition coefficient (Wildman–Crippen LogP) is -1.15. The fourth-order valence-electron chi connectivity index (χ4n) is 1.33. The van der Waals surface area contributed by atoms with E-state index >= 15 is 0 Å². The number of H-pyrrole nitrogens is 1. The minimum atomic E-state index is -0.0704. The van der Waals surface area contributed by atoms with Crippen LogP contribution in [0.25, 0.3) is 0 Å². The summed E-state index contributed by atoms with van der Waals surface area (Å²) < 4.78 is 0. The SMILES string of the molecule is O=C(c1ncn[nH]1)N1CCNCC1. The molecule has 1 aromatic rings. The van der Waals surface area contributed by atoms with Crippen LogP contribution in [-0.2, 0) is 0 Å². The second-order valence-corrected chi connectivity index (χ2v) is 2.88. The third kappa shape index (κ3) is 1.67. The van der Waals surface area contributed by atoms with Crippen molar-refractivity contribution >= 4 is 5.91 Å². The summed E-state index contributed by atoms with van der Waals surface area (Å²) >= 11 is 0. The zero-order chi connectivity index (χ0) is 9.10. The normalized spacial score (nSPS) is 17.4. The Bertz CT molecular complexity index is 277. The van der Waals surface area contributed by atoms with Gasteiger partial charge in [-0.3, -0.25) is 9.89 Å². The molecule has 1 amide bonds. The highest BCUT2D eigenvalue weighted by Gasteiger charge is 2.19. The van der Waals surface area contributed by atoms with Crippen molar-refractivity contribution in [3.63, 3.8) is 0 Å². The lowest BCUT2D eigenvalue weighted by Gasteiger charge is -2.26. The molecule has 0 atom stereocenters. The summed E-state index contributed by atoms with van der Waals surface area (Å²) in [6.07, 6.45) is 1.34. The predicted molar refractivity (Wildman–Crippen MR) is 45.2 cm³/mol. The Kier molecular flexibility index (Phi) is 2.22. The van der Waals surface area contributed by atoms with Crippen LogP contribution >= 0.6 is 0 Å². The number of aromatic amines is 1. The van der Waals surface area contributed by atoms with Gasteiger partial charge in [0.1, 0.15) is 6.33 Å². The largest absolute Gasteiger partial charge is 0.333 e. The maximum Gasteiger partial charge on any atom is 0.291 e. The fraction of sp³-hybridized carbons (Fsp3) is 0.571. The highest BCUT2D eigenvalue weighted by Crippen LogP contribution is 1.98. The smallest absolute Gasteiger partial charge is 0.291 e. The molecule has 0 spiro atoms. The fourth-order valence-corrected chi connectivity index (χ4v) is 1.33. The second-order valence-electron chi connectivity index (χ2n) is 2.88. The molecule has 0 saturated carbocycles. The van der Waals surface area contributed by atoms with Gasteiger partial charge in [-0.25, -0.2) is 4.98 Å². The molecule has 2 heterocycles. The van der Waals surface area contributed by atoms with Crippen molar-refractivity contribution < 1.29 is 4.79 Å². The Morgan fingerprint density at radius 1 is 1.46 bits per heavy atom. The van der Waals surface area contributed by atoms with Crippen LogP contribution in [0.5, 0.6) is 0 Å². The van der Waals surface area contributed by atoms with Crippen molar-refractivity contribution in [1.82, 2.24) is 25.4 Å². The maximum atomic E-state index is 11.6. The molecule has 2 rings (SSSR count). The first kappa shape index (κ1) is 8.18. The van der Waals surface area contributed by atoms with E-state index in [4.69, 9.17) is 0 Å². The summed E-state index contributed by atoms with van der Waals surface area (Å²) in [4.78, 5) is 17.2. The molecule has 1 aromatic heterocycles. The van der Waals surface area contributed by atoms with Gasteiger partial charge < -0.3 is 10.2 Å². The Morgan fingerprint density at radius 3 is 2.85 bits per heavy atom. The van der Waals surface area contributed by atoms with Gasteiger partial charge in [0.05, 0.1) is 0 Å². The van der Waals surface area contributed by atoms with Crippen molar-refractivity contribution in [3.05, 3.63) is 12.2 Å². The molecule has 6 nitrogen and oxygen atoms in total. The molecule has 0 unspecified atom stereocenters. The van der Waals surface area contributed by atoms with E-state index in [0.29, 0.717) is 5.82 Å². The van der Waals surface area contributed by atoms with E-state index in [1.54, 1.807) is 4.90 Å². The molecule has 0 aliphatic carbocycles. The lowest BCUT2D eigenvalue weighted by atomic mass is 10.3. The van der Waals surface area contributed by atoms with Gasteiger partial charge in [-0.2, -0.15) is 5.10 Å². The van der Waals surface area contributed by atoms with Crippen LogP contribution < -0.4 is 5.32 Å². The van der Waals surface area contributed by atoms with Crippen LogP contribution in [0.15, 0.2) is 6.33 Å². The lowest BCUT2D eigenvalue weighted by Crippen LogP contribution is -2.46. The minimum absolute atomic E-state index is 0.0704. The average Bonchev–Trinajstić information content (AvgIpc) is 2.71. The average molecular weight is 181 g/mol. The van der Waals surface area contributed by atoms with Gasteiger partial charge in [-0.05, 0) is 0 Å². The summed E-state index contributed by atoms with van der Waals surface area (Å²) in [5.41, 5.74) is 0. The number of nitrogens with one attached hydrogen (secondary N) is 2. The molecular weight excluding hydrogens is 170 g/mol. The lowest BCUT2D eigenvalue weighted by molar-refractivity contribution is 0.0724. The van der Waals surface area contributed by atoms with Gasteiger partial charge >= 0.3 is 0 Å². The zero-order valence-electron chi connectivity index (χ0n) is 7.16. The second kappa shape index (κ2) is 3.53. The van der Waals surface area contributed by atoms with E-state index in [1.807, 2.05) is 0 Å². The van der Waals surface area contributed by atoms with E-state index in [9.17, 15) is 4.79 Å². The van der Waals surface area contributed by atoms with Gasteiger partial charge in [0, 0.05) is 26.2 Å². The number of amides is 1. The van der Waals surface area contributed by atoms with Crippen LogP contribution in [0.3, 0.4) is 0 Å². The molecular formula is C7H11N5O. The maximum absolute atomic E-state index is 11.6. The molecule has 6 heteroatoms. The van der Waals surface area contributed by atoms with Crippen LogP contribution in [0.1, 0.15) is 10.6 Å². The topological polar surface area (TPSA) is 73.9 Å². The Balaban J connectivity index is 2.04. The molecule has 0 radical (unpaired) electrons. The molecule has 1 saturated heterocycles. The Labute approximate surface area is 75.3 Å². The quantitative estimate of drug-likeness (QED) is 0.573. The van der Waals surface area contributed by atoms with Gasteiger partial charge in [-0.1, -0.05) is 0 Å². The number of carbonyl (C=O) groups is 1. The molecule has 2 N–H and O–H groups in total. The first-order chi connectivity index (χ1) is 6.38. The first-order valence-electron chi connectivity index (χ1n) is 4.23. The Hall–Kier alpha value is -1.43. The van der Waals surface area contributed by atoms with Gasteiger partial charge in [0.2, 0.25) is 5.82 Å². The minimum Gasteiger partial charge on any atom is -0.333 e. The van der Waals surface area contributed by atoms with E-state index in [2.05, 4.69) is 20.5 Å². The zero-order valence-corrected chi connectivity index (χ0v) is 7.16. The molecule has 1 fully saturated rings. The molecule has 0 bridgehead atoms. The van der Waals surface area contributed by atoms with E-state index in [-0.39, 0.29) is 5.91 Å². The van der Waals surface area contributed by atoms with Crippen molar-refractivity contribution in [2.24, 2.45) is 0 Å². The van der Waals surface area contributed by atoms with Crippen molar-refractivity contribution in [2.45, 2.75) is 0 Å². The van der Waals surface area contributed by atoms with Crippen LogP contribution in [0, 0.1) is 0 Å². The number of carbonyl (C=O) groups excluding carboxylic acids is 1. The molecule has 1 aliphatic rings. The van der Waals surface area contributed by atoms with E-state index in [1.165, 1.54) is 6.33 Å². The summed E-state index contributed by atoms with van der Waals surface area (Å²) in [7, 11) is 0. The number of piperazine rings is 1. The molecule has 1 aliphatic heterocycles. The monoisotopic (exact) mass is 181 g/mol. The third-order valence-corrected chi connectivity index (χ3v) is 2.02. The summed E-state index contributed by atoms with van der Waals surface area (Å²) in [6, 6.07) is 0.